The van der Waals surface area contributed by atoms with Crippen LogP contribution in [0.15, 0.2) is 54.6 Å². The van der Waals surface area contributed by atoms with E-state index in [1.165, 1.54) is 0 Å². The second-order valence-corrected chi connectivity index (χ2v) is 8.03. The first-order chi connectivity index (χ1) is 15.9. The highest BCUT2D eigenvalue weighted by atomic mass is 16.5. The van der Waals surface area contributed by atoms with E-state index in [0.717, 1.165) is 33.8 Å². The third-order valence-electron chi connectivity index (χ3n) is 5.73. The largest absolute Gasteiger partial charge is 0.497 e. The summed E-state index contributed by atoms with van der Waals surface area (Å²) in [7, 11) is 1.64. The van der Waals surface area contributed by atoms with Gasteiger partial charge < -0.3 is 19.4 Å². The average molecular weight is 449 g/mol. The zero-order valence-electron chi connectivity index (χ0n) is 19.8. The first-order valence-corrected chi connectivity index (χ1v) is 11.2. The van der Waals surface area contributed by atoms with Crippen molar-refractivity contribution in [2.24, 2.45) is 0 Å². The number of amides is 1. The van der Waals surface area contributed by atoms with Gasteiger partial charge in [-0.05, 0) is 56.0 Å². The molecule has 3 aromatic rings. The van der Waals surface area contributed by atoms with E-state index >= 15 is 0 Å². The van der Waals surface area contributed by atoms with E-state index in [0.29, 0.717) is 38.1 Å². The monoisotopic (exact) mass is 448 g/mol. The first-order valence-electron chi connectivity index (χ1n) is 11.2. The smallest absolute Gasteiger partial charge is 0.340 e. The van der Waals surface area contributed by atoms with E-state index in [1.54, 1.807) is 14.0 Å². The summed E-state index contributed by atoms with van der Waals surface area (Å²) >= 11 is 0. The SMILES string of the molecule is CCOC(=O)c1c(C)[nH]c(CN(Cc2ccccc2)C(=O)CCc2ccc(OC)cc2)c1C. The first kappa shape index (κ1) is 24.1. The van der Waals surface area contributed by atoms with Gasteiger partial charge in [-0.15, -0.1) is 0 Å². The predicted molar refractivity (Wildman–Crippen MR) is 128 cm³/mol. The van der Waals surface area contributed by atoms with Crippen LogP contribution in [0.3, 0.4) is 0 Å². The molecule has 6 heteroatoms. The quantitative estimate of drug-likeness (QED) is 0.444. The van der Waals surface area contributed by atoms with Crippen molar-refractivity contribution in [2.45, 2.75) is 46.7 Å². The molecular formula is C27H32N2O4. The third kappa shape index (κ3) is 6.25. The van der Waals surface area contributed by atoms with Crippen LogP contribution >= 0.6 is 0 Å². The van der Waals surface area contributed by atoms with Crippen molar-refractivity contribution in [3.63, 3.8) is 0 Å². The predicted octanol–water partition coefficient (Wildman–Crippen LogP) is 4.98. The molecule has 0 saturated heterocycles. The molecule has 1 N–H and O–H groups in total. The van der Waals surface area contributed by atoms with Gasteiger partial charge >= 0.3 is 5.97 Å². The average Bonchev–Trinajstić information content (AvgIpc) is 3.10. The maximum atomic E-state index is 13.3. The van der Waals surface area contributed by atoms with Gasteiger partial charge in [-0.3, -0.25) is 4.79 Å². The van der Waals surface area contributed by atoms with Gasteiger partial charge in [0.25, 0.3) is 0 Å². The summed E-state index contributed by atoms with van der Waals surface area (Å²) < 4.78 is 10.4. The molecule has 0 radical (unpaired) electrons. The lowest BCUT2D eigenvalue weighted by molar-refractivity contribution is -0.132. The fraction of sp³-hybridized carbons (Fsp3) is 0.333. The molecular weight excluding hydrogens is 416 g/mol. The number of carbonyl (C=O) groups excluding carboxylic acids is 2. The van der Waals surface area contributed by atoms with Crippen LogP contribution in [0, 0.1) is 13.8 Å². The van der Waals surface area contributed by atoms with Crippen LogP contribution < -0.4 is 4.74 Å². The second-order valence-electron chi connectivity index (χ2n) is 8.03. The van der Waals surface area contributed by atoms with Gasteiger partial charge in [0, 0.05) is 24.4 Å². The standard InChI is InChI=1S/C27H32N2O4/c1-5-33-27(31)26-19(2)24(28-20(26)3)18-29(17-22-9-7-6-8-10-22)25(30)16-13-21-11-14-23(32-4)15-12-21/h6-12,14-15,28H,5,13,16-18H2,1-4H3. The zero-order valence-corrected chi connectivity index (χ0v) is 19.8. The van der Waals surface area contributed by atoms with Crippen LogP contribution in [-0.4, -0.2) is 35.5 Å². The van der Waals surface area contributed by atoms with Crippen molar-refractivity contribution < 1.29 is 19.1 Å². The zero-order chi connectivity index (χ0) is 23.8. The van der Waals surface area contributed by atoms with Crippen molar-refractivity contribution in [2.75, 3.05) is 13.7 Å². The lowest BCUT2D eigenvalue weighted by Crippen LogP contribution is -2.30. The van der Waals surface area contributed by atoms with Crippen molar-refractivity contribution in [1.82, 2.24) is 9.88 Å². The van der Waals surface area contributed by atoms with Gasteiger partial charge in [0.15, 0.2) is 0 Å². The third-order valence-corrected chi connectivity index (χ3v) is 5.73. The van der Waals surface area contributed by atoms with Gasteiger partial charge in [0.2, 0.25) is 5.91 Å². The molecule has 33 heavy (non-hydrogen) atoms. The number of ether oxygens (including phenoxy) is 2. The van der Waals surface area contributed by atoms with Crippen LogP contribution in [0.5, 0.6) is 5.75 Å². The number of benzene rings is 2. The number of hydrogen-bond donors (Lipinski definition) is 1. The normalized spacial score (nSPS) is 10.7. The highest BCUT2D eigenvalue weighted by Crippen LogP contribution is 2.22. The van der Waals surface area contributed by atoms with Gasteiger partial charge in [-0.1, -0.05) is 42.5 Å². The fourth-order valence-electron chi connectivity index (χ4n) is 3.91. The number of aryl methyl sites for hydroxylation is 2. The van der Waals surface area contributed by atoms with Crippen molar-refractivity contribution in [3.05, 3.63) is 88.2 Å². The highest BCUT2D eigenvalue weighted by Gasteiger charge is 2.22. The van der Waals surface area contributed by atoms with E-state index in [2.05, 4.69) is 4.98 Å². The highest BCUT2D eigenvalue weighted by molar-refractivity contribution is 5.92. The summed E-state index contributed by atoms with van der Waals surface area (Å²) in [5.74, 6) is 0.514. The second kappa shape index (κ2) is 11.4. The number of rotatable bonds is 10. The van der Waals surface area contributed by atoms with Crippen molar-refractivity contribution in [1.29, 1.82) is 0 Å². The molecule has 0 aliphatic rings. The Hall–Kier alpha value is -3.54. The molecule has 0 spiro atoms. The minimum absolute atomic E-state index is 0.0546. The minimum Gasteiger partial charge on any atom is -0.497 e. The number of esters is 1. The Labute approximate surface area is 195 Å². The van der Waals surface area contributed by atoms with Crippen LogP contribution in [0.2, 0.25) is 0 Å². The number of aromatic amines is 1. The molecule has 0 fully saturated rings. The number of carbonyl (C=O) groups is 2. The molecule has 1 heterocycles. The number of nitrogens with zero attached hydrogens (tertiary/aromatic N) is 1. The molecule has 1 amide bonds. The summed E-state index contributed by atoms with van der Waals surface area (Å²) in [5.41, 5.74) is 5.13. The molecule has 0 bridgehead atoms. The Morgan fingerprint density at radius 2 is 1.64 bits per heavy atom. The van der Waals surface area contributed by atoms with Crippen LogP contribution in [0.4, 0.5) is 0 Å². The molecule has 1 aromatic heterocycles. The van der Waals surface area contributed by atoms with E-state index in [9.17, 15) is 9.59 Å². The fourth-order valence-corrected chi connectivity index (χ4v) is 3.91. The number of nitrogens with one attached hydrogen (secondary N) is 1. The maximum absolute atomic E-state index is 13.3. The minimum atomic E-state index is -0.338. The van der Waals surface area contributed by atoms with Gasteiger partial charge in [0.1, 0.15) is 5.75 Å². The maximum Gasteiger partial charge on any atom is 0.340 e. The number of methoxy groups -OCH3 is 1. The summed E-state index contributed by atoms with van der Waals surface area (Å²) in [5, 5.41) is 0. The van der Waals surface area contributed by atoms with E-state index in [-0.39, 0.29) is 11.9 Å². The molecule has 0 aliphatic heterocycles. The lowest BCUT2D eigenvalue weighted by Gasteiger charge is -2.23. The Balaban J connectivity index is 1.78. The van der Waals surface area contributed by atoms with Gasteiger partial charge in [-0.25, -0.2) is 4.79 Å². The van der Waals surface area contributed by atoms with Crippen LogP contribution in [0.1, 0.15) is 51.8 Å². The molecule has 6 nitrogen and oxygen atoms in total. The molecule has 0 unspecified atom stereocenters. The number of aromatic nitrogens is 1. The van der Waals surface area contributed by atoms with E-state index in [4.69, 9.17) is 9.47 Å². The number of hydrogen-bond acceptors (Lipinski definition) is 4. The molecule has 0 saturated carbocycles. The summed E-state index contributed by atoms with van der Waals surface area (Å²) in [4.78, 5) is 30.8. The Kier molecular flexibility index (Phi) is 8.30. The van der Waals surface area contributed by atoms with E-state index in [1.807, 2.05) is 73.3 Å². The van der Waals surface area contributed by atoms with E-state index < -0.39 is 0 Å². The van der Waals surface area contributed by atoms with Crippen molar-refractivity contribution in [3.8, 4) is 5.75 Å². The number of H-pyrrole nitrogens is 1. The molecule has 174 valence electrons. The van der Waals surface area contributed by atoms with Gasteiger partial charge in [0.05, 0.1) is 25.8 Å². The Bertz CT molecular complexity index is 1070. The lowest BCUT2D eigenvalue weighted by atomic mass is 10.1. The molecule has 2 aromatic carbocycles. The molecule has 0 aliphatic carbocycles. The Morgan fingerprint density at radius 3 is 2.27 bits per heavy atom. The van der Waals surface area contributed by atoms with Crippen molar-refractivity contribution >= 4 is 11.9 Å². The summed E-state index contributed by atoms with van der Waals surface area (Å²) in [6, 6.07) is 17.7. The van der Waals surface area contributed by atoms with Crippen LogP contribution in [-0.2, 0) is 29.0 Å². The summed E-state index contributed by atoms with van der Waals surface area (Å²) in [6.45, 7) is 6.75. The molecule has 3 rings (SSSR count). The van der Waals surface area contributed by atoms with Gasteiger partial charge in [-0.2, -0.15) is 0 Å². The topological polar surface area (TPSA) is 71.6 Å². The molecule has 0 atom stereocenters. The van der Waals surface area contributed by atoms with Crippen LogP contribution in [0.25, 0.3) is 0 Å². The Morgan fingerprint density at radius 1 is 0.939 bits per heavy atom. The summed E-state index contributed by atoms with van der Waals surface area (Å²) in [6.07, 6.45) is 1.04.